The summed E-state index contributed by atoms with van der Waals surface area (Å²) < 4.78 is 8.56. The number of rotatable bonds is 8. The number of hydrogen-bond acceptors (Lipinski definition) is 0. The van der Waals surface area contributed by atoms with Gasteiger partial charge in [-0.05, 0) is 0 Å². The molecule has 12 heteroatoms. The van der Waals surface area contributed by atoms with Gasteiger partial charge in [0.25, 0.3) is 0 Å². The van der Waals surface area contributed by atoms with Gasteiger partial charge >= 0.3 is 0 Å². The molecule has 4 aromatic heterocycles. The molecule has 6 rings (SSSR count). The van der Waals surface area contributed by atoms with E-state index in [2.05, 4.69) is 86.7 Å². The van der Waals surface area contributed by atoms with E-state index in [0.29, 0.717) is 0 Å². The fourth-order valence-corrected chi connectivity index (χ4v) is 4.19. The summed E-state index contributed by atoms with van der Waals surface area (Å²) in [5, 5.41) is 0. The third-order valence-electron chi connectivity index (χ3n) is 6.06. The Labute approximate surface area is 276 Å². The summed E-state index contributed by atoms with van der Waals surface area (Å²) in [6.45, 7) is 3.57. The van der Waals surface area contributed by atoms with Crippen LogP contribution in [0.2, 0.25) is 0 Å². The Balaban J connectivity index is 0.000000364. The zero-order chi connectivity index (χ0) is 24.4. The van der Waals surface area contributed by atoms with Crippen LogP contribution in [0.3, 0.4) is 0 Å². The Bertz CT molecular complexity index is 1210. The number of nitrogens with zero attached hydrogens (tertiary/aromatic N) is 4. The lowest BCUT2D eigenvalue weighted by atomic mass is 10.1. The molecule has 0 saturated heterocycles. The van der Waals surface area contributed by atoms with Gasteiger partial charge in [-0.3, -0.25) is 19.9 Å². The molecule has 0 aliphatic carbocycles. The standard InChI is InChI=1S/2C14H14N4.4BrH/c2*1-2-4-14(10-18-8-6-16-12-18)13(3-1)9-17-7-5-15-11-17;;;;/h2*1-8,11-12H,9-10H2;4*1H. The molecule has 4 heterocycles. The van der Waals surface area contributed by atoms with Gasteiger partial charge in [0.1, 0.15) is 75.8 Å². The van der Waals surface area contributed by atoms with Crippen molar-refractivity contribution in [2.45, 2.75) is 26.2 Å². The van der Waals surface area contributed by atoms with Crippen LogP contribution in [-0.2, 0) is 26.2 Å². The summed E-state index contributed by atoms with van der Waals surface area (Å²) in [6.07, 6.45) is 23.8. The third-order valence-corrected chi connectivity index (χ3v) is 6.06. The van der Waals surface area contributed by atoms with Gasteiger partial charge in [-0.25, -0.2) is 18.3 Å². The lowest BCUT2D eigenvalue weighted by molar-refractivity contribution is -0.692. The molecule has 0 radical (unpaired) electrons. The number of hydrogen-bond donors (Lipinski definition) is 4. The topological polar surface area (TPSA) is 78.7 Å². The van der Waals surface area contributed by atoms with Crippen LogP contribution in [0.4, 0.5) is 0 Å². The molecular formula is C28H32Br4N8. The van der Waals surface area contributed by atoms with Crippen LogP contribution in [0.5, 0.6) is 0 Å². The average molecular weight is 800 g/mol. The molecule has 0 aliphatic rings. The predicted octanol–water partition coefficient (Wildman–Crippen LogP) is -9.96. The Morgan fingerprint density at radius 2 is 0.600 bits per heavy atom. The second kappa shape index (κ2) is 18.5. The van der Waals surface area contributed by atoms with Crippen molar-refractivity contribution in [2.24, 2.45) is 0 Å². The first-order chi connectivity index (χ1) is 17.8. The van der Waals surface area contributed by atoms with E-state index >= 15 is 0 Å². The molecule has 4 N–H and O–H groups in total. The SMILES string of the molecule is [Br-].[Br-].[Br-].[Br-].c1ccc(C[n+]2cc[nH]c2)c(C[n+]2cc[nH]c2)c1.c1ccc(C[n+]2cc[nH]c2)c(C[n+]2cc[nH]c2)c1. The highest BCUT2D eigenvalue weighted by Crippen LogP contribution is 2.09. The van der Waals surface area contributed by atoms with Crippen LogP contribution >= 0.6 is 0 Å². The van der Waals surface area contributed by atoms with E-state index in [1.165, 1.54) is 22.3 Å². The summed E-state index contributed by atoms with van der Waals surface area (Å²) >= 11 is 0. The fraction of sp³-hybridized carbons (Fsp3) is 0.143. The number of halogens is 4. The Morgan fingerprint density at radius 1 is 0.375 bits per heavy atom. The second-order valence-electron chi connectivity index (χ2n) is 8.67. The minimum Gasteiger partial charge on any atom is -1.00 e. The summed E-state index contributed by atoms with van der Waals surface area (Å²) in [5.74, 6) is 0. The van der Waals surface area contributed by atoms with Crippen LogP contribution in [0, 0.1) is 0 Å². The highest BCUT2D eigenvalue weighted by molar-refractivity contribution is 5.26. The molecule has 2 aromatic carbocycles. The highest BCUT2D eigenvalue weighted by Gasteiger charge is 2.09. The van der Waals surface area contributed by atoms with Crippen molar-refractivity contribution >= 4 is 0 Å². The average Bonchev–Trinajstić information content (AvgIpc) is 3.72. The first-order valence-corrected chi connectivity index (χ1v) is 12.0. The van der Waals surface area contributed by atoms with E-state index in [4.69, 9.17) is 0 Å². The smallest absolute Gasteiger partial charge is 0.241 e. The maximum Gasteiger partial charge on any atom is 0.241 e. The summed E-state index contributed by atoms with van der Waals surface area (Å²) in [4.78, 5) is 12.3. The number of benzene rings is 2. The largest absolute Gasteiger partial charge is 1.00 e. The molecule has 0 bridgehead atoms. The van der Waals surface area contributed by atoms with Gasteiger partial charge in [-0.1, -0.05) is 48.5 Å². The summed E-state index contributed by atoms with van der Waals surface area (Å²) in [5.41, 5.74) is 5.37. The Hall–Kier alpha value is -2.80. The quantitative estimate of drug-likeness (QED) is 0.111. The van der Waals surface area contributed by atoms with E-state index in [9.17, 15) is 0 Å². The van der Waals surface area contributed by atoms with Crippen molar-refractivity contribution in [1.82, 2.24) is 19.9 Å². The van der Waals surface area contributed by atoms with E-state index in [-0.39, 0.29) is 67.9 Å². The first kappa shape index (κ1) is 35.2. The number of aromatic amines is 4. The first-order valence-electron chi connectivity index (χ1n) is 12.0. The van der Waals surface area contributed by atoms with Crippen LogP contribution in [0.1, 0.15) is 22.3 Å². The van der Waals surface area contributed by atoms with Gasteiger partial charge in [0, 0.05) is 22.3 Å². The third kappa shape index (κ3) is 10.3. The number of nitrogens with one attached hydrogen (secondary N) is 4. The summed E-state index contributed by atoms with van der Waals surface area (Å²) in [7, 11) is 0. The van der Waals surface area contributed by atoms with Gasteiger partial charge < -0.3 is 67.9 Å². The van der Waals surface area contributed by atoms with Crippen molar-refractivity contribution in [3.63, 3.8) is 0 Å². The molecule has 40 heavy (non-hydrogen) atoms. The van der Waals surface area contributed by atoms with E-state index in [0.717, 1.165) is 26.2 Å². The number of imidazole rings is 4. The normalized spacial score (nSPS) is 9.60. The molecular weight excluding hydrogens is 768 g/mol. The van der Waals surface area contributed by atoms with Crippen LogP contribution in [-0.4, -0.2) is 19.9 Å². The number of H-pyrrole nitrogens is 4. The molecule has 0 atom stereocenters. The van der Waals surface area contributed by atoms with Crippen LogP contribution in [0.25, 0.3) is 0 Å². The van der Waals surface area contributed by atoms with Gasteiger partial charge in [0.2, 0.25) is 25.3 Å². The Morgan fingerprint density at radius 3 is 0.775 bits per heavy atom. The minimum absolute atomic E-state index is 0. The van der Waals surface area contributed by atoms with E-state index < -0.39 is 0 Å². The summed E-state index contributed by atoms with van der Waals surface area (Å²) in [6, 6.07) is 17.1. The van der Waals surface area contributed by atoms with Crippen LogP contribution < -0.4 is 86.2 Å². The molecule has 0 fully saturated rings. The van der Waals surface area contributed by atoms with Crippen molar-refractivity contribution < 1.29 is 86.2 Å². The highest BCUT2D eigenvalue weighted by atomic mass is 79.9. The minimum atomic E-state index is 0. The Kier molecular flexibility index (Phi) is 16.3. The maximum absolute atomic E-state index is 3.07. The van der Waals surface area contributed by atoms with Gasteiger partial charge in [0.05, 0.1) is 0 Å². The van der Waals surface area contributed by atoms with Gasteiger partial charge in [-0.15, -0.1) is 0 Å². The van der Waals surface area contributed by atoms with Crippen molar-refractivity contribution in [3.05, 3.63) is 146 Å². The maximum atomic E-state index is 3.07. The molecule has 0 amide bonds. The lowest BCUT2D eigenvalue weighted by Crippen LogP contribution is -3.00. The molecule has 0 aliphatic heterocycles. The number of aromatic nitrogens is 8. The second-order valence-corrected chi connectivity index (χ2v) is 8.67. The molecule has 6 aromatic rings. The van der Waals surface area contributed by atoms with Crippen molar-refractivity contribution in [3.8, 4) is 0 Å². The van der Waals surface area contributed by atoms with Crippen molar-refractivity contribution in [1.29, 1.82) is 0 Å². The zero-order valence-electron chi connectivity index (χ0n) is 21.7. The van der Waals surface area contributed by atoms with Crippen molar-refractivity contribution in [2.75, 3.05) is 0 Å². The van der Waals surface area contributed by atoms with Crippen LogP contribution in [0.15, 0.2) is 123 Å². The molecule has 8 nitrogen and oxygen atoms in total. The molecule has 0 unspecified atom stereocenters. The van der Waals surface area contributed by atoms with E-state index in [1.54, 1.807) is 0 Å². The predicted molar refractivity (Wildman–Crippen MR) is 133 cm³/mol. The van der Waals surface area contributed by atoms with Gasteiger partial charge in [-0.2, -0.15) is 0 Å². The molecule has 0 spiro atoms. The molecule has 0 saturated carbocycles. The fourth-order valence-electron chi connectivity index (χ4n) is 4.19. The zero-order valence-corrected chi connectivity index (χ0v) is 28.0. The van der Waals surface area contributed by atoms with E-state index in [1.807, 2.05) is 74.9 Å². The monoisotopic (exact) mass is 796 g/mol. The molecule has 212 valence electrons. The lowest BCUT2D eigenvalue weighted by Gasteiger charge is -2.05. The van der Waals surface area contributed by atoms with Gasteiger partial charge in [0.15, 0.2) is 0 Å².